The maximum atomic E-state index is 12.9. The number of piperazine rings is 1. The van der Waals surface area contributed by atoms with Crippen LogP contribution in [0, 0.1) is 0 Å². The number of nitrogens with zero attached hydrogens (tertiary/aromatic N) is 3. The lowest BCUT2D eigenvalue weighted by Crippen LogP contribution is -2.54. The Labute approximate surface area is 153 Å². The first-order valence-electron chi connectivity index (χ1n) is 9.17. The number of hydrogen-bond acceptors (Lipinski definition) is 3. The molecule has 5 heteroatoms. The van der Waals surface area contributed by atoms with Crippen LogP contribution in [0.15, 0.2) is 54.9 Å². The lowest BCUT2D eigenvalue weighted by atomic mass is 10.1. The van der Waals surface area contributed by atoms with Gasteiger partial charge in [-0.15, -0.1) is 0 Å². The second kappa shape index (κ2) is 7.30. The molecule has 1 N–H and O–H groups in total. The van der Waals surface area contributed by atoms with Gasteiger partial charge in [0.05, 0.1) is 6.42 Å². The number of rotatable bonds is 4. The molecule has 4 rings (SSSR count). The van der Waals surface area contributed by atoms with Crippen molar-refractivity contribution in [3.63, 3.8) is 0 Å². The summed E-state index contributed by atoms with van der Waals surface area (Å²) in [6.07, 6.45) is 4.10. The monoisotopic (exact) mass is 348 g/mol. The van der Waals surface area contributed by atoms with Crippen molar-refractivity contribution >= 4 is 16.9 Å². The number of pyridine rings is 1. The van der Waals surface area contributed by atoms with Gasteiger partial charge in [-0.05, 0) is 30.2 Å². The zero-order valence-electron chi connectivity index (χ0n) is 15.1. The van der Waals surface area contributed by atoms with Crippen LogP contribution in [0.1, 0.15) is 18.1 Å². The van der Waals surface area contributed by atoms with E-state index >= 15 is 0 Å². The van der Waals surface area contributed by atoms with E-state index in [1.54, 1.807) is 6.20 Å². The number of nitrogens with one attached hydrogen (secondary N) is 1. The number of hydrogen-bond donors (Lipinski definition) is 1. The van der Waals surface area contributed by atoms with Gasteiger partial charge in [0.25, 0.3) is 0 Å². The van der Waals surface area contributed by atoms with Crippen LogP contribution in [-0.4, -0.2) is 51.4 Å². The smallest absolute Gasteiger partial charge is 0.227 e. The number of aromatic amines is 1. The van der Waals surface area contributed by atoms with E-state index < -0.39 is 0 Å². The first-order chi connectivity index (χ1) is 12.7. The number of carbonyl (C=O) groups excluding carboxylic acids is 1. The molecule has 3 heterocycles. The quantitative estimate of drug-likeness (QED) is 0.789. The van der Waals surface area contributed by atoms with Crippen LogP contribution in [0.5, 0.6) is 0 Å². The van der Waals surface area contributed by atoms with E-state index in [1.807, 2.05) is 29.3 Å². The Hall–Kier alpha value is -2.66. The minimum absolute atomic E-state index is 0.196. The molecule has 1 amide bonds. The minimum atomic E-state index is 0.196. The highest BCUT2D eigenvalue weighted by Gasteiger charge is 2.27. The molecule has 1 aliphatic heterocycles. The summed E-state index contributed by atoms with van der Waals surface area (Å²) in [6, 6.07) is 14.7. The molecule has 26 heavy (non-hydrogen) atoms. The molecule has 0 radical (unpaired) electrons. The molecule has 1 saturated heterocycles. The Balaban J connectivity index is 1.38. The molecule has 0 aliphatic carbocycles. The van der Waals surface area contributed by atoms with Crippen LogP contribution in [0.25, 0.3) is 11.0 Å². The minimum Gasteiger partial charge on any atom is -0.346 e. The molecule has 1 aliphatic rings. The summed E-state index contributed by atoms with van der Waals surface area (Å²) in [5, 5.41) is 1.04. The third kappa shape index (κ3) is 3.48. The normalized spacial score (nSPS) is 18.3. The Bertz CT molecular complexity index is 889. The van der Waals surface area contributed by atoms with Crippen LogP contribution < -0.4 is 0 Å². The highest BCUT2D eigenvalue weighted by Crippen LogP contribution is 2.19. The summed E-state index contributed by atoms with van der Waals surface area (Å²) >= 11 is 0. The van der Waals surface area contributed by atoms with Crippen LogP contribution in [0.4, 0.5) is 0 Å². The van der Waals surface area contributed by atoms with E-state index in [2.05, 4.69) is 46.1 Å². The average Bonchev–Trinajstić information content (AvgIpc) is 3.06. The van der Waals surface area contributed by atoms with Crippen molar-refractivity contribution in [2.24, 2.45) is 0 Å². The summed E-state index contributed by atoms with van der Waals surface area (Å²) in [4.78, 5) is 24.8. The highest BCUT2D eigenvalue weighted by atomic mass is 16.2. The molecule has 1 aromatic carbocycles. The summed E-state index contributed by atoms with van der Waals surface area (Å²) < 4.78 is 0. The number of amides is 1. The van der Waals surface area contributed by atoms with Gasteiger partial charge < -0.3 is 9.88 Å². The van der Waals surface area contributed by atoms with Crippen molar-refractivity contribution in [2.75, 3.05) is 19.6 Å². The van der Waals surface area contributed by atoms with Gasteiger partial charge in [0.1, 0.15) is 5.65 Å². The third-order valence-corrected chi connectivity index (χ3v) is 5.16. The SMILES string of the molecule is C[C@@H]1CN(Cc2ccccc2)CCN1C(=O)Cc1c[nH]c2ncccc12. The van der Waals surface area contributed by atoms with Gasteiger partial charge in [-0.3, -0.25) is 9.69 Å². The predicted octanol–water partition coefficient (Wildman–Crippen LogP) is 2.84. The average molecular weight is 348 g/mol. The lowest BCUT2D eigenvalue weighted by Gasteiger charge is -2.40. The van der Waals surface area contributed by atoms with E-state index in [9.17, 15) is 4.79 Å². The number of H-pyrrole nitrogens is 1. The second-order valence-electron chi connectivity index (χ2n) is 7.05. The predicted molar refractivity (Wildman–Crippen MR) is 103 cm³/mol. The summed E-state index contributed by atoms with van der Waals surface area (Å²) in [5.41, 5.74) is 3.19. The van der Waals surface area contributed by atoms with E-state index in [4.69, 9.17) is 0 Å². The maximum Gasteiger partial charge on any atom is 0.227 e. The molecular weight excluding hydrogens is 324 g/mol. The molecule has 0 bridgehead atoms. The molecule has 0 spiro atoms. The van der Waals surface area contributed by atoms with Gasteiger partial charge in [0.2, 0.25) is 5.91 Å². The van der Waals surface area contributed by atoms with Crippen molar-refractivity contribution in [1.29, 1.82) is 0 Å². The number of aromatic nitrogens is 2. The van der Waals surface area contributed by atoms with Crippen LogP contribution in [0.3, 0.4) is 0 Å². The van der Waals surface area contributed by atoms with E-state index in [1.165, 1.54) is 5.56 Å². The van der Waals surface area contributed by atoms with Gasteiger partial charge in [-0.25, -0.2) is 4.98 Å². The Morgan fingerprint density at radius 2 is 2.04 bits per heavy atom. The Morgan fingerprint density at radius 3 is 2.85 bits per heavy atom. The molecule has 0 unspecified atom stereocenters. The standard InChI is InChI=1S/C21H24N4O/c1-16-14-24(15-17-6-3-2-4-7-17)10-11-25(16)20(26)12-18-13-23-21-19(18)8-5-9-22-21/h2-9,13,16H,10-12,14-15H2,1H3,(H,22,23)/t16-/m1/s1. The van der Waals surface area contributed by atoms with Crippen molar-refractivity contribution in [2.45, 2.75) is 25.9 Å². The zero-order chi connectivity index (χ0) is 17.9. The third-order valence-electron chi connectivity index (χ3n) is 5.16. The largest absolute Gasteiger partial charge is 0.346 e. The number of benzene rings is 1. The molecule has 1 atom stereocenters. The molecule has 3 aromatic rings. The molecule has 134 valence electrons. The van der Waals surface area contributed by atoms with E-state index in [-0.39, 0.29) is 11.9 Å². The summed E-state index contributed by atoms with van der Waals surface area (Å²) in [7, 11) is 0. The lowest BCUT2D eigenvalue weighted by molar-refractivity contribution is -0.135. The van der Waals surface area contributed by atoms with Gasteiger partial charge in [-0.2, -0.15) is 0 Å². The van der Waals surface area contributed by atoms with Gasteiger partial charge in [-0.1, -0.05) is 30.3 Å². The number of fused-ring (bicyclic) bond motifs is 1. The fraction of sp³-hybridized carbons (Fsp3) is 0.333. The molecule has 0 saturated carbocycles. The Morgan fingerprint density at radius 1 is 1.19 bits per heavy atom. The molecule has 5 nitrogen and oxygen atoms in total. The van der Waals surface area contributed by atoms with Gasteiger partial charge >= 0.3 is 0 Å². The number of carbonyl (C=O) groups is 1. The maximum absolute atomic E-state index is 12.9. The topological polar surface area (TPSA) is 52.2 Å². The van der Waals surface area contributed by atoms with Gasteiger partial charge in [0, 0.05) is 50.0 Å². The van der Waals surface area contributed by atoms with Crippen molar-refractivity contribution in [1.82, 2.24) is 19.8 Å². The van der Waals surface area contributed by atoms with Crippen molar-refractivity contribution < 1.29 is 4.79 Å². The fourth-order valence-corrected chi connectivity index (χ4v) is 3.81. The van der Waals surface area contributed by atoms with E-state index in [0.29, 0.717) is 6.42 Å². The molecule has 2 aromatic heterocycles. The molecular formula is C21H24N4O. The van der Waals surface area contributed by atoms with Crippen molar-refractivity contribution in [3.05, 3.63) is 66.0 Å². The summed E-state index contributed by atoms with van der Waals surface area (Å²) in [6.45, 7) is 5.71. The van der Waals surface area contributed by atoms with Crippen LogP contribution >= 0.6 is 0 Å². The summed E-state index contributed by atoms with van der Waals surface area (Å²) in [5.74, 6) is 0.196. The van der Waals surface area contributed by atoms with Crippen LogP contribution in [-0.2, 0) is 17.8 Å². The Kier molecular flexibility index (Phi) is 4.71. The van der Waals surface area contributed by atoms with Crippen LogP contribution in [0.2, 0.25) is 0 Å². The first-order valence-corrected chi connectivity index (χ1v) is 9.17. The first kappa shape index (κ1) is 16.8. The fourth-order valence-electron chi connectivity index (χ4n) is 3.81. The van der Waals surface area contributed by atoms with E-state index in [0.717, 1.165) is 42.8 Å². The second-order valence-corrected chi connectivity index (χ2v) is 7.05. The molecule has 1 fully saturated rings. The van der Waals surface area contributed by atoms with Crippen molar-refractivity contribution in [3.8, 4) is 0 Å². The highest BCUT2D eigenvalue weighted by molar-refractivity contribution is 5.87. The van der Waals surface area contributed by atoms with Gasteiger partial charge in [0.15, 0.2) is 0 Å². The zero-order valence-corrected chi connectivity index (χ0v) is 15.1.